The third-order valence-corrected chi connectivity index (χ3v) is 2.57. The summed E-state index contributed by atoms with van der Waals surface area (Å²) in [6, 6.07) is -0.227. The lowest BCUT2D eigenvalue weighted by Gasteiger charge is -2.18. The van der Waals surface area contributed by atoms with Gasteiger partial charge in [-0.15, -0.1) is 0 Å². The third kappa shape index (κ3) is 6.43. The first-order valence-electron chi connectivity index (χ1n) is 6.03. The summed E-state index contributed by atoms with van der Waals surface area (Å²) in [5.74, 6) is -0.915. The van der Waals surface area contributed by atoms with Crippen molar-refractivity contribution in [2.75, 3.05) is 0 Å². The summed E-state index contributed by atoms with van der Waals surface area (Å²) in [5.41, 5.74) is 0. The molecule has 0 saturated carbocycles. The molecule has 0 spiro atoms. The molecule has 0 bridgehead atoms. The van der Waals surface area contributed by atoms with E-state index < -0.39 is 5.97 Å². The SMILES string of the molecule is CCCC(CC(=O)O)NC(=O)C(C)CCC. The van der Waals surface area contributed by atoms with Crippen LogP contribution in [0.2, 0.25) is 0 Å². The minimum absolute atomic E-state index is 0.0123. The topological polar surface area (TPSA) is 66.4 Å². The smallest absolute Gasteiger partial charge is 0.305 e. The van der Waals surface area contributed by atoms with Gasteiger partial charge in [0, 0.05) is 12.0 Å². The Hall–Kier alpha value is -1.06. The normalized spacial score (nSPS) is 14.2. The first-order valence-corrected chi connectivity index (χ1v) is 6.03. The molecule has 0 aliphatic carbocycles. The van der Waals surface area contributed by atoms with Crippen molar-refractivity contribution >= 4 is 11.9 Å². The Balaban J connectivity index is 4.16. The van der Waals surface area contributed by atoms with Crippen molar-refractivity contribution in [1.82, 2.24) is 5.32 Å². The zero-order valence-corrected chi connectivity index (χ0v) is 10.5. The summed E-state index contributed by atoms with van der Waals surface area (Å²) in [7, 11) is 0. The summed E-state index contributed by atoms with van der Waals surface area (Å²) in [4.78, 5) is 22.3. The van der Waals surface area contributed by atoms with Crippen LogP contribution < -0.4 is 5.32 Å². The fourth-order valence-electron chi connectivity index (χ4n) is 1.69. The van der Waals surface area contributed by atoms with Gasteiger partial charge in [-0.05, 0) is 12.8 Å². The number of aliphatic carboxylic acids is 1. The van der Waals surface area contributed by atoms with E-state index in [9.17, 15) is 9.59 Å². The predicted octanol–water partition coefficient (Wildman–Crippen LogP) is 2.18. The number of hydrogen-bond donors (Lipinski definition) is 2. The maximum absolute atomic E-state index is 11.7. The van der Waals surface area contributed by atoms with E-state index in [0.717, 1.165) is 25.7 Å². The fraction of sp³-hybridized carbons (Fsp3) is 0.833. The van der Waals surface area contributed by atoms with Crippen molar-refractivity contribution < 1.29 is 14.7 Å². The molecule has 0 aliphatic heterocycles. The Labute approximate surface area is 97.4 Å². The van der Waals surface area contributed by atoms with Crippen LogP contribution in [0.5, 0.6) is 0 Å². The molecule has 94 valence electrons. The van der Waals surface area contributed by atoms with E-state index in [4.69, 9.17) is 5.11 Å². The van der Waals surface area contributed by atoms with Crippen LogP contribution in [-0.4, -0.2) is 23.0 Å². The standard InChI is InChI=1S/C12H23NO3/c1-4-6-9(3)12(16)13-10(7-5-2)8-11(14)15/h9-10H,4-8H2,1-3H3,(H,13,16)(H,14,15). The Kier molecular flexibility index (Phi) is 7.60. The summed E-state index contributed by atoms with van der Waals surface area (Å²) in [5, 5.41) is 11.5. The van der Waals surface area contributed by atoms with Crippen LogP contribution in [0.3, 0.4) is 0 Å². The first-order chi connectivity index (χ1) is 7.51. The van der Waals surface area contributed by atoms with Gasteiger partial charge in [0.1, 0.15) is 0 Å². The van der Waals surface area contributed by atoms with Gasteiger partial charge in [-0.2, -0.15) is 0 Å². The molecule has 0 heterocycles. The van der Waals surface area contributed by atoms with E-state index >= 15 is 0 Å². The van der Waals surface area contributed by atoms with Gasteiger partial charge in [-0.3, -0.25) is 9.59 Å². The maximum Gasteiger partial charge on any atom is 0.305 e. The zero-order chi connectivity index (χ0) is 12.6. The number of hydrogen-bond acceptors (Lipinski definition) is 2. The van der Waals surface area contributed by atoms with E-state index in [1.807, 2.05) is 20.8 Å². The zero-order valence-electron chi connectivity index (χ0n) is 10.5. The average molecular weight is 229 g/mol. The Morgan fingerprint density at radius 2 is 1.75 bits per heavy atom. The van der Waals surface area contributed by atoms with Crippen LogP contribution >= 0.6 is 0 Å². The molecule has 0 rings (SSSR count). The highest BCUT2D eigenvalue weighted by atomic mass is 16.4. The van der Waals surface area contributed by atoms with Crippen molar-refractivity contribution in [3.05, 3.63) is 0 Å². The number of carboxylic acid groups (broad SMARTS) is 1. The van der Waals surface area contributed by atoms with Crippen molar-refractivity contribution in [1.29, 1.82) is 0 Å². The first kappa shape index (κ1) is 14.9. The lowest BCUT2D eigenvalue weighted by molar-refractivity contribution is -0.137. The number of rotatable bonds is 8. The largest absolute Gasteiger partial charge is 0.481 e. The van der Waals surface area contributed by atoms with Gasteiger partial charge in [-0.1, -0.05) is 33.6 Å². The highest BCUT2D eigenvalue weighted by Crippen LogP contribution is 2.08. The van der Waals surface area contributed by atoms with Crippen LogP contribution in [0, 0.1) is 5.92 Å². The monoisotopic (exact) mass is 229 g/mol. The molecule has 0 aromatic heterocycles. The lowest BCUT2D eigenvalue weighted by Crippen LogP contribution is -2.39. The highest BCUT2D eigenvalue weighted by Gasteiger charge is 2.18. The fourth-order valence-corrected chi connectivity index (χ4v) is 1.69. The Bertz CT molecular complexity index is 228. The second kappa shape index (κ2) is 8.13. The van der Waals surface area contributed by atoms with Gasteiger partial charge in [0.15, 0.2) is 0 Å². The minimum atomic E-state index is -0.859. The molecule has 2 atom stereocenters. The quantitative estimate of drug-likeness (QED) is 0.670. The van der Waals surface area contributed by atoms with Gasteiger partial charge >= 0.3 is 5.97 Å². The van der Waals surface area contributed by atoms with Gasteiger partial charge < -0.3 is 10.4 Å². The van der Waals surface area contributed by atoms with Gasteiger partial charge in [0.25, 0.3) is 0 Å². The number of carboxylic acids is 1. The van der Waals surface area contributed by atoms with Crippen LogP contribution in [0.15, 0.2) is 0 Å². The molecule has 0 saturated heterocycles. The molecule has 0 aromatic rings. The van der Waals surface area contributed by atoms with E-state index in [-0.39, 0.29) is 24.3 Å². The molecule has 4 nitrogen and oxygen atoms in total. The molecular formula is C12H23NO3. The number of nitrogens with one attached hydrogen (secondary N) is 1. The van der Waals surface area contributed by atoms with E-state index in [1.54, 1.807) is 0 Å². The van der Waals surface area contributed by atoms with Gasteiger partial charge in [0.05, 0.1) is 6.42 Å². The number of amides is 1. The van der Waals surface area contributed by atoms with E-state index in [2.05, 4.69) is 5.32 Å². The van der Waals surface area contributed by atoms with Gasteiger partial charge in [0.2, 0.25) is 5.91 Å². The summed E-state index contributed by atoms with van der Waals surface area (Å²) < 4.78 is 0. The van der Waals surface area contributed by atoms with Crippen molar-refractivity contribution in [3.63, 3.8) is 0 Å². The molecule has 4 heteroatoms. The van der Waals surface area contributed by atoms with E-state index in [1.165, 1.54) is 0 Å². The second-order valence-corrected chi connectivity index (χ2v) is 4.28. The lowest BCUT2D eigenvalue weighted by atomic mass is 10.0. The summed E-state index contributed by atoms with van der Waals surface area (Å²) in [6.45, 7) is 5.89. The molecule has 0 radical (unpaired) electrons. The molecule has 2 unspecified atom stereocenters. The van der Waals surface area contributed by atoms with Crippen molar-refractivity contribution in [2.24, 2.45) is 5.92 Å². The average Bonchev–Trinajstić information content (AvgIpc) is 2.17. The van der Waals surface area contributed by atoms with Crippen molar-refractivity contribution in [3.8, 4) is 0 Å². The van der Waals surface area contributed by atoms with Crippen LogP contribution in [0.25, 0.3) is 0 Å². The molecule has 0 aliphatic rings. The van der Waals surface area contributed by atoms with Crippen LogP contribution in [-0.2, 0) is 9.59 Å². The molecule has 16 heavy (non-hydrogen) atoms. The molecule has 2 N–H and O–H groups in total. The van der Waals surface area contributed by atoms with Crippen LogP contribution in [0.1, 0.15) is 52.9 Å². The predicted molar refractivity (Wildman–Crippen MR) is 63.2 cm³/mol. The maximum atomic E-state index is 11.7. The minimum Gasteiger partial charge on any atom is -0.481 e. The third-order valence-electron chi connectivity index (χ3n) is 2.57. The second-order valence-electron chi connectivity index (χ2n) is 4.28. The molecule has 0 aromatic carbocycles. The Morgan fingerprint density at radius 1 is 1.19 bits per heavy atom. The molecular weight excluding hydrogens is 206 g/mol. The van der Waals surface area contributed by atoms with Crippen LogP contribution in [0.4, 0.5) is 0 Å². The molecule has 0 fully saturated rings. The summed E-state index contributed by atoms with van der Waals surface area (Å²) in [6.07, 6.45) is 3.42. The van der Waals surface area contributed by atoms with Gasteiger partial charge in [-0.25, -0.2) is 0 Å². The number of carbonyl (C=O) groups excluding carboxylic acids is 1. The number of carbonyl (C=O) groups is 2. The summed E-state index contributed by atoms with van der Waals surface area (Å²) >= 11 is 0. The Morgan fingerprint density at radius 3 is 2.19 bits per heavy atom. The highest BCUT2D eigenvalue weighted by molar-refractivity contribution is 5.79. The van der Waals surface area contributed by atoms with Crippen molar-refractivity contribution in [2.45, 2.75) is 58.9 Å². The molecule has 1 amide bonds. The van der Waals surface area contributed by atoms with E-state index in [0.29, 0.717) is 0 Å².